The van der Waals surface area contributed by atoms with Crippen LogP contribution in [0.4, 0.5) is 11.6 Å². The first-order chi connectivity index (χ1) is 20.1. The standard InChI is InChI=1S/C35H29N3O3/c39-32(24-26-14-5-1-6-15-26)38(33(40)25-27-16-7-2-8-17-27)31-23-13-22-30(36-31)37-35(41)34(28-18-9-3-10-19-28)29-20-11-4-12-21-29/h1-23,34H,24-25H2,(H,36,37,41). The second-order valence-electron chi connectivity index (χ2n) is 9.57. The number of carbonyl (C=O) groups excluding carboxylic acids is 3. The summed E-state index contributed by atoms with van der Waals surface area (Å²) in [5.41, 5.74) is 3.25. The Balaban J connectivity index is 1.44. The van der Waals surface area contributed by atoms with Gasteiger partial charge in [-0.25, -0.2) is 9.88 Å². The molecule has 1 heterocycles. The molecule has 0 saturated carbocycles. The molecule has 0 aliphatic heterocycles. The molecule has 0 saturated heterocycles. The van der Waals surface area contributed by atoms with Gasteiger partial charge in [-0.2, -0.15) is 0 Å². The van der Waals surface area contributed by atoms with Gasteiger partial charge in [0.05, 0.1) is 18.8 Å². The minimum absolute atomic E-state index is 0.0315. The van der Waals surface area contributed by atoms with Gasteiger partial charge in [0.25, 0.3) is 0 Å². The number of amides is 3. The van der Waals surface area contributed by atoms with E-state index in [9.17, 15) is 14.4 Å². The van der Waals surface area contributed by atoms with E-state index in [2.05, 4.69) is 10.3 Å². The van der Waals surface area contributed by atoms with Crippen LogP contribution in [0.3, 0.4) is 0 Å². The summed E-state index contributed by atoms with van der Waals surface area (Å²) in [5.74, 6) is -1.25. The van der Waals surface area contributed by atoms with Crippen LogP contribution in [-0.2, 0) is 27.2 Å². The Bertz CT molecular complexity index is 1520. The maximum absolute atomic E-state index is 13.6. The highest BCUT2D eigenvalue weighted by Crippen LogP contribution is 2.27. The number of hydrogen-bond acceptors (Lipinski definition) is 4. The maximum atomic E-state index is 13.6. The van der Waals surface area contributed by atoms with Crippen molar-refractivity contribution in [2.24, 2.45) is 0 Å². The summed E-state index contributed by atoms with van der Waals surface area (Å²) >= 11 is 0. The van der Waals surface area contributed by atoms with Crippen LogP contribution in [0.2, 0.25) is 0 Å². The van der Waals surface area contributed by atoms with Crippen molar-refractivity contribution in [2.45, 2.75) is 18.8 Å². The zero-order valence-electron chi connectivity index (χ0n) is 22.4. The fourth-order valence-corrected chi connectivity index (χ4v) is 4.70. The molecule has 4 aromatic carbocycles. The summed E-state index contributed by atoms with van der Waals surface area (Å²) in [6.07, 6.45) is 0.0629. The third kappa shape index (κ3) is 6.99. The third-order valence-electron chi connectivity index (χ3n) is 6.64. The van der Waals surface area contributed by atoms with Crippen molar-refractivity contribution in [3.8, 4) is 0 Å². The number of benzene rings is 4. The Hall–Kier alpha value is -5.36. The monoisotopic (exact) mass is 539 g/mol. The van der Waals surface area contributed by atoms with E-state index in [0.717, 1.165) is 27.2 Å². The predicted octanol–water partition coefficient (Wildman–Crippen LogP) is 6.20. The normalized spacial score (nSPS) is 10.7. The van der Waals surface area contributed by atoms with E-state index in [-0.39, 0.29) is 30.4 Å². The van der Waals surface area contributed by atoms with E-state index in [1.165, 1.54) is 0 Å². The maximum Gasteiger partial charge on any atom is 0.239 e. The fraction of sp³-hybridized carbons (Fsp3) is 0.0857. The highest BCUT2D eigenvalue weighted by atomic mass is 16.2. The first kappa shape index (κ1) is 27.2. The van der Waals surface area contributed by atoms with Crippen LogP contribution in [0.1, 0.15) is 28.2 Å². The molecule has 0 aliphatic carbocycles. The van der Waals surface area contributed by atoms with Gasteiger partial charge in [-0.1, -0.05) is 127 Å². The topological polar surface area (TPSA) is 79.4 Å². The number of nitrogens with zero attached hydrogens (tertiary/aromatic N) is 2. The van der Waals surface area contributed by atoms with Gasteiger partial charge in [0.2, 0.25) is 17.7 Å². The van der Waals surface area contributed by atoms with Crippen molar-refractivity contribution in [1.82, 2.24) is 4.98 Å². The highest BCUT2D eigenvalue weighted by Gasteiger charge is 2.27. The molecular formula is C35H29N3O3. The van der Waals surface area contributed by atoms with E-state index in [1.807, 2.05) is 121 Å². The lowest BCUT2D eigenvalue weighted by Crippen LogP contribution is -2.39. The van der Waals surface area contributed by atoms with E-state index in [0.29, 0.717) is 0 Å². The van der Waals surface area contributed by atoms with Gasteiger partial charge in [-0.3, -0.25) is 14.4 Å². The average molecular weight is 540 g/mol. The molecule has 5 aromatic rings. The molecule has 0 bridgehead atoms. The number of imide groups is 1. The minimum Gasteiger partial charge on any atom is -0.310 e. The molecule has 202 valence electrons. The van der Waals surface area contributed by atoms with Gasteiger partial charge >= 0.3 is 0 Å². The number of nitrogens with one attached hydrogen (secondary N) is 1. The van der Waals surface area contributed by atoms with E-state index >= 15 is 0 Å². The molecule has 0 unspecified atom stereocenters. The molecule has 41 heavy (non-hydrogen) atoms. The highest BCUT2D eigenvalue weighted by molar-refractivity contribution is 6.15. The Morgan fingerprint density at radius 1 is 0.561 bits per heavy atom. The Morgan fingerprint density at radius 2 is 1.00 bits per heavy atom. The van der Waals surface area contributed by atoms with Gasteiger partial charge in [-0.05, 0) is 34.4 Å². The number of pyridine rings is 1. The van der Waals surface area contributed by atoms with Crippen LogP contribution in [0.5, 0.6) is 0 Å². The van der Waals surface area contributed by atoms with Crippen molar-refractivity contribution in [1.29, 1.82) is 0 Å². The molecule has 5 rings (SSSR count). The molecule has 0 fully saturated rings. The number of hydrogen-bond donors (Lipinski definition) is 1. The number of carbonyl (C=O) groups is 3. The summed E-state index contributed by atoms with van der Waals surface area (Å²) in [5, 5.41) is 2.91. The van der Waals surface area contributed by atoms with E-state index in [1.54, 1.807) is 18.2 Å². The van der Waals surface area contributed by atoms with Crippen LogP contribution >= 0.6 is 0 Å². The van der Waals surface area contributed by atoms with Gasteiger partial charge in [0, 0.05) is 0 Å². The van der Waals surface area contributed by atoms with Crippen LogP contribution in [0.15, 0.2) is 140 Å². The van der Waals surface area contributed by atoms with Crippen molar-refractivity contribution in [3.05, 3.63) is 162 Å². The van der Waals surface area contributed by atoms with Gasteiger partial charge < -0.3 is 5.32 Å². The molecule has 1 aromatic heterocycles. The summed E-state index contributed by atoms with van der Waals surface area (Å²) < 4.78 is 0. The fourth-order valence-electron chi connectivity index (χ4n) is 4.70. The molecule has 0 radical (unpaired) electrons. The average Bonchev–Trinajstić information content (AvgIpc) is 3.00. The summed E-state index contributed by atoms with van der Waals surface area (Å²) in [6, 6.07) is 42.5. The lowest BCUT2D eigenvalue weighted by molar-refractivity contribution is -0.126. The summed E-state index contributed by atoms with van der Waals surface area (Å²) in [7, 11) is 0. The molecule has 1 N–H and O–H groups in total. The molecule has 3 amide bonds. The van der Waals surface area contributed by atoms with Crippen molar-refractivity contribution in [2.75, 3.05) is 10.2 Å². The van der Waals surface area contributed by atoms with Crippen molar-refractivity contribution in [3.63, 3.8) is 0 Å². The van der Waals surface area contributed by atoms with E-state index in [4.69, 9.17) is 0 Å². The largest absolute Gasteiger partial charge is 0.310 e. The Labute approximate surface area is 239 Å². The smallest absolute Gasteiger partial charge is 0.239 e. The first-order valence-corrected chi connectivity index (χ1v) is 13.4. The first-order valence-electron chi connectivity index (χ1n) is 13.4. The zero-order chi connectivity index (χ0) is 28.4. The van der Waals surface area contributed by atoms with Crippen LogP contribution < -0.4 is 10.2 Å². The molecule has 0 atom stereocenters. The Morgan fingerprint density at radius 3 is 1.46 bits per heavy atom. The van der Waals surface area contributed by atoms with Crippen LogP contribution in [0, 0.1) is 0 Å². The van der Waals surface area contributed by atoms with Crippen molar-refractivity contribution < 1.29 is 14.4 Å². The number of anilines is 2. The van der Waals surface area contributed by atoms with Gasteiger partial charge in [-0.15, -0.1) is 0 Å². The lowest BCUT2D eigenvalue weighted by Gasteiger charge is -2.22. The second-order valence-corrected chi connectivity index (χ2v) is 9.57. The zero-order valence-corrected chi connectivity index (χ0v) is 22.4. The van der Waals surface area contributed by atoms with Gasteiger partial charge in [0.15, 0.2) is 0 Å². The van der Waals surface area contributed by atoms with Crippen LogP contribution in [-0.4, -0.2) is 22.7 Å². The number of aromatic nitrogens is 1. The van der Waals surface area contributed by atoms with Crippen molar-refractivity contribution >= 4 is 29.4 Å². The molecular weight excluding hydrogens is 510 g/mol. The second kappa shape index (κ2) is 13.1. The predicted molar refractivity (Wildman–Crippen MR) is 160 cm³/mol. The Kier molecular flexibility index (Phi) is 8.72. The lowest BCUT2D eigenvalue weighted by atomic mass is 9.90. The summed E-state index contributed by atoms with van der Waals surface area (Å²) in [6.45, 7) is 0. The van der Waals surface area contributed by atoms with Crippen LogP contribution in [0.25, 0.3) is 0 Å². The SMILES string of the molecule is O=C(Nc1cccc(N(C(=O)Cc2ccccc2)C(=O)Cc2ccccc2)n1)C(c1ccccc1)c1ccccc1. The molecule has 0 spiro atoms. The summed E-state index contributed by atoms with van der Waals surface area (Å²) in [4.78, 5) is 46.4. The molecule has 6 heteroatoms. The molecule has 0 aliphatic rings. The quantitative estimate of drug-likeness (QED) is 0.242. The number of rotatable bonds is 9. The third-order valence-corrected chi connectivity index (χ3v) is 6.64. The molecule has 6 nitrogen and oxygen atoms in total. The minimum atomic E-state index is -0.571. The van der Waals surface area contributed by atoms with Gasteiger partial charge in [0.1, 0.15) is 11.6 Å². The van der Waals surface area contributed by atoms with E-state index < -0.39 is 17.7 Å².